The van der Waals surface area contributed by atoms with Crippen molar-refractivity contribution >= 4 is 27.8 Å². The number of rotatable bonds is 11. The number of aromatic nitrogens is 3. The lowest BCUT2D eigenvalue weighted by Crippen LogP contribution is -2.62. The van der Waals surface area contributed by atoms with E-state index < -0.39 is 16.0 Å². The average Bonchev–Trinajstić information content (AvgIpc) is 3.85. The first-order chi connectivity index (χ1) is 24.8. The highest BCUT2D eigenvalue weighted by atomic mass is 32.2. The molecule has 3 atom stereocenters. The van der Waals surface area contributed by atoms with Crippen molar-refractivity contribution in [2.24, 2.45) is 11.3 Å². The lowest BCUT2D eigenvalue weighted by atomic mass is 9.72. The number of hydrogen-bond donors (Lipinski definition) is 0. The number of benzene rings is 1. The molecule has 0 unspecified atom stereocenters. The van der Waals surface area contributed by atoms with Gasteiger partial charge in [-0.1, -0.05) is 6.58 Å². The van der Waals surface area contributed by atoms with Crippen molar-refractivity contribution in [2.45, 2.75) is 77.5 Å². The quantitative estimate of drug-likeness (QED) is 0.317. The first kappa shape index (κ1) is 36.6. The van der Waals surface area contributed by atoms with Crippen molar-refractivity contribution in [2.75, 3.05) is 63.8 Å². The first-order valence-electron chi connectivity index (χ1n) is 18.4. The minimum atomic E-state index is -3.57. The van der Waals surface area contributed by atoms with Gasteiger partial charge in [0.25, 0.3) is 22.0 Å². The van der Waals surface area contributed by atoms with E-state index >= 15 is 0 Å². The summed E-state index contributed by atoms with van der Waals surface area (Å²) in [5, 5.41) is 8.17. The fourth-order valence-electron chi connectivity index (χ4n) is 9.14. The lowest BCUT2D eigenvalue weighted by Gasteiger charge is -2.54. The van der Waals surface area contributed by atoms with Gasteiger partial charge in [-0.2, -0.15) is 17.0 Å². The van der Waals surface area contributed by atoms with Crippen LogP contribution in [0.1, 0.15) is 63.7 Å². The smallest absolute Gasteiger partial charge is 0.282 e. The number of fused-ring (bicyclic) bond motifs is 2. The fourth-order valence-corrected chi connectivity index (χ4v) is 11.0. The molecule has 16 heteroatoms. The van der Waals surface area contributed by atoms with E-state index in [4.69, 9.17) is 4.74 Å². The molecular weight excluding hydrogens is 690 g/mol. The summed E-state index contributed by atoms with van der Waals surface area (Å²) >= 11 is 0. The van der Waals surface area contributed by atoms with Crippen LogP contribution in [0.5, 0.6) is 11.6 Å². The first-order valence-corrected chi connectivity index (χ1v) is 19.8. The van der Waals surface area contributed by atoms with Crippen molar-refractivity contribution < 1.29 is 27.1 Å². The highest BCUT2D eigenvalue weighted by Gasteiger charge is 2.53. The molecule has 5 aliphatic heterocycles. The number of ether oxygens (including phenoxy) is 1. The van der Waals surface area contributed by atoms with Gasteiger partial charge in [0.15, 0.2) is 5.82 Å². The Morgan fingerprint density at radius 2 is 1.81 bits per heavy atom. The third kappa shape index (κ3) is 6.90. The summed E-state index contributed by atoms with van der Waals surface area (Å²) in [4.78, 5) is 38.3. The largest absolute Gasteiger partial charge is 0.434 e. The van der Waals surface area contributed by atoms with Gasteiger partial charge in [0, 0.05) is 83.1 Å². The van der Waals surface area contributed by atoms with E-state index in [1.807, 2.05) is 27.7 Å². The molecule has 1 aromatic carbocycles. The molecule has 2 amide bonds. The molecule has 6 heterocycles. The van der Waals surface area contributed by atoms with Crippen molar-refractivity contribution in [3.63, 3.8) is 0 Å². The molecule has 5 fully saturated rings. The highest BCUT2D eigenvalue weighted by Crippen LogP contribution is 2.43. The van der Waals surface area contributed by atoms with Crippen molar-refractivity contribution in [3.05, 3.63) is 48.6 Å². The van der Waals surface area contributed by atoms with E-state index in [9.17, 15) is 22.4 Å². The summed E-state index contributed by atoms with van der Waals surface area (Å²) in [6, 6.07) is 3.50. The van der Waals surface area contributed by atoms with Crippen LogP contribution in [0.2, 0.25) is 0 Å². The molecule has 5 aliphatic rings. The summed E-state index contributed by atoms with van der Waals surface area (Å²) in [6.07, 6.45) is 6.03. The molecule has 1 spiro atoms. The van der Waals surface area contributed by atoms with Crippen molar-refractivity contribution in [3.8, 4) is 11.6 Å². The summed E-state index contributed by atoms with van der Waals surface area (Å²) in [6.45, 7) is 17.5. The van der Waals surface area contributed by atoms with Gasteiger partial charge in [-0.3, -0.25) is 9.59 Å². The summed E-state index contributed by atoms with van der Waals surface area (Å²) in [5.74, 6) is 0.304. The normalized spacial score (nSPS) is 24.9. The van der Waals surface area contributed by atoms with Crippen LogP contribution in [-0.2, 0) is 15.0 Å². The molecule has 1 aromatic heterocycles. The zero-order valence-electron chi connectivity index (χ0n) is 30.5. The standard InChI is InChI=1S/C36H50FN9O5S/c1-6-32(47)44-19-29-16-28(44)20-45(29)52(49,50)43-13-10-36(11-14-43)21-41(22-36)17-26-9-12-42(18-26)33-34(40-39-23-38-33)51-31-8-7-27(37)15-30(31)35(48)46(24(2)3)25(4)5/h6-8,15,23-26,28-29H,1,9-14,16-22H2,2-5H3/t26-,28+,29+/m0/s1. The van der Waals surface area contributed by atoms with Gasteiger partial charge in [0.1, 0.15) is 17.9 Å². The number of piperidine rings is 1. The van der Waals surface area contributed by atoms with Crippen LogP contribution in [0.15, 0.2) is 37.2 Å². The average molecular weight is 740 g/mol. The molecule has 282 valence electrons. The predicted octanol–water partition coefficient (Wildman–Crippen LogP) is 3.00. The third-order valence-corrected chi connectivity index (χ3v) is 13.6. The molecule has 0 radical (unpaired) electrons. The Morgan fingerprint density at radius 1 is 1.08 bits per heavy atom. The molecular formula is C36H50FN9O5S. The van der Waals surface area contributed by atoms with Crippen LogP contribution in [0, 0.1) is 17.2 Å². The van der Waals surface area contributed by atoms with Gasteiger partial charge in [-0.15, -0.1) is 10.2 Å². The number of halogens is 1. The molecule has 52 heavy (non-hydrogen) atoms. The van der Waals surface area contributed by atoms with Crippen LogP contribution in [0.3, 0.4) is 0 Å². The van der Waals surface area contributed by atoms with Crippen LogP contribution in [0.4, 0.5) is 10.2 Å². The number of carbonyl (C=O) groups is 2. The molecule has 2 aromatic rings. The molecule has 0 saturated carbocycles. The monoisotopic (exact) mass is 739 g/mol. The van der Waals surface area contributed by atoms with E-state index in [2.05, 4.69) is 31.6 Å². The number of amides is 2. The molecule has 0 N–H and O–H groups in total. The van der Waals surface area contributed by atoms with Gasteiger partial charge in [0.2, 0.25) is 5.91 Å². The zero-order chi connectivity index (χ0) is 36.9. The van der Waals surface area contributed by atoms with Crippen molar-refractivity contribution in [1.29, 1.82) is 0 Å². The second kappa shape index (κ2) is 14.3. The Kier molecular flexibility index (Phi) is 10.0. The number of carbonyl (C=O) groups excluding carboxylic acids is 2. The van der Waals surface area contributed by atoms with Gasteiger partial charge in [0.05, 0.1) is 5.56 Å². The number of nitrogens with zero attached hydrogens (tertiary/aromatic N) is 9. The number of hydrogen-bond acceptors (Lipinski definition) is 10. The molecule has 0 aliphatic carbocycles. The van der Waals surface area contributed by atoms with E-state index in [1.165, 1.54) is 30.6 Å². The minimum absolute atomic E-state index is 0.0678. The highest BCUT2D eigenvalue weighted by molar-refractivity contribution is 7.86. The second-order valence-electron chi connectivity index (χ2n) is 15.7. The summed E-state index contributed by atoms with van der Waals surface area (Å²) < 4.78 is 51.1. The number of piperazine rings is 1. The SMILES string of the molecule is C=CC(=O)N1C[C@H]2C[C@@H]1CN2S(=O)(=O)N1CCC2(CC1)CN(C[C@@H]1CCN(c3ncnnc3Oc3ccc(F)cc3C(=O)N(C(C)C)C(C)C)C1)C2. The summed E-state index contributed by atoms with van der Waals surface area (Å²) in [7, 11) is -3.57. The topological polar surface area (TPSA) is 136 Å². The van der Waals surface area contributed by atoms with Crippen LogP contribution >= 0.6 is 0 Å². The zero-order valence-corrected chi connectivity index (χ0v) is 31.3. The predicted molar refractivity (Wildman–Crippen MR) is 192 cm³/mol. The third-order valence-electron chi connectivity index (χ3n) is 11.6. The maximum atomic E-state index is 14.4. The molecule has 7 rings (SSSR count). The summed E-state index contributed by atoms with van der Waals surface area (Å²) in [5.41, 5.74) is 0.258. The second-order valence-corrected chi connectivity index (χ2v) is 17.6. The maximum absolute atomic E-state index is 14.4. The van der Waals surface area contributed by atoms with Crippen molar-refractivity contribution in [1.82, 2.24) is 38.5 Å². The minimum Gasteiger partial charge on any atom is -0.434 e. The van der Waals surface area contributed by atoms with Gasteiger partial charge in [-0.25, -0.2) is 9.37 Å². The Morgan fingerprint density at radius 3 is 2.46 bits per heavy atom. The van der Waals surface area contributed by atoms with Gasteiger partial charge >= 0.3 is 0 Å². The number of anilines is 1. The molecule has 2 bridgehead atoms. The Labute approximate surface area is 305 Å². The van der Waals surface area contributed by atoms with Crippen LogP contribution < -0.4 is 9.64 Å². The fraction of sp³-hybridized carbons (Fsp3) is 0.639. The maximum Gasteiger partial charge on any atom is 0.282 e. The van der Waals surface area contributed by atoms with Gasteiger partial charge < -0.3 is 24.3 Å². The Balaban J connectivity index is 0.922. The van der Waals surface area contributed by atoms with E-state index in [0.29, 0.717) is 44.3 Å². The van der Waals surface area contributed by atoms with Crippen LogP contribution in [-0.4, -0.2) is 142 Å². The van der Waals surface area contributed by atoms with Crippen LogP contribution in [0.25, 0.3) is 0 Å². The number of likely N-dealkylation sites (tertiary alicyclic amines) is 2. The Bertz CT molecular complexity index is 1790. The van der Waals surface area contributed by atoms with E-state index in [1.54, 1.807) is 18.4 Å². The molecule has 5 saturated heterocycles. The van der Waals surface area contributed by atoms with Gasteiger partial charge in [-0.05, 0) is 89.0 Å². The van der Waals surface area contributed by atoms with E-state index in [0.717, 1.165) is 52.0 Å². The Hall–Kier alpha value is -3.73. The molecule has 14 nitrogen and oxygen atoms in total. The van der Waals surface area contributed by atoms with E-state index in [-0.39, 0.29) is 58.6 Å². The lowest BCUT2D eigenvalue weighted by molar-refractivity contribution is -0.127.